The SMILES string of the molecule is C=CN(CC1CC=CCC1)c1ccc2c(-c3ccccc3C(=O)O)c3ccc(=[N+](CCOC(C)=O)CC4CC=CCC4)cc-3oc2c1. The lowest BCUT2D eigenvalue weighted by Crippen LogP contribution is -2.37. The van der Waals surface area contributed by atoms with Gasteiger partial charge in [-0.2, -0.15) is 0 Å². The first-order valence-corrected chi connectivity index (χ1v) is 16.6. The maximum absolute atomic E-state index is 12.4. The number of rotatable bonds is 11. The summed E-state index contributed by atoms with van der Waals surface area (Å²) >= 11 is 0. The van der Waals surface area contributed by atoms with Crippen molar-refractivity contribution in [3.8, 4) is 22.5 Å². The Balaban J connectivity index is 1.53. The largest absolute Gasteiger partial charge is 0.478 e. The van der Waals surface area contributed by atoms with Gasteiger partial charge in [0.25, 0.3) is 0 Å². The van der Waals surface area contributed by atoms with Gasteiger partial charge in [-0.3, -0.25) is 4.79 Å². The number of anilines is 1. The molecule has 0 amide bonds. The summed E-state index contributed by atoms with van der Waals surface area (Å²) in [4.78, 5) is 26.2. The molecule has 7 nitrogen and oxygen atoms in total. The molecule has 2 aromatic rings. The molecule has 6 rings (SSSR count). The molecule has 3 aliphatic carbocycles. The van der Waals surface area contributed by atoms with E-state index in [9.17, 15) is 14.7 Å². The quantitative estimate of drug-likeness (QED) is 0.0784. The van der Waals surface area contributed by atoms with E-state index in [2.05, 4.69) is 52.5 Å². The van der Waals surface area contributed by atoms with Crippen LogP contribution in [0, 0.1) is 11.8 Å². The van der Waals surface area contributed by atoms with Crippen LogP contribution in [0.5, 0.6) is 0 Å². The van der Waals surface area contributed by atoms with Crippen LogP contribution in [0.2, 0.25) is 0 Å². The minimum Gasteiger partial charge on any atom is -0.478 e. The second-order valence-corrected chi connectivity index (χ2v) is 12.6. The van der Waals surface area contributed by atoms with Gasteiger partial charge in [0.2, 0.25) is 5.36 Å². The van der Waals surface area contributed by atoms with Crippen LogP contribution >= 0.6 is 0 Å². The number of fused-ring (bicyclic) bond motifs is 2. The summed E-state index contributed by atoms with van der Waals surface area (Å²) in [6.45, 7) is 8.08. The molecule has 1 aliphatic heterocycles. The van der Waals surface area contributed by atoms with Gasteiger partial charge in [-0.15, -0.1) is 0 Å². The van der Waals surface area contributed by atoms with Crippen LogP contribution in [0.15, 0.2) is 102 Å². The van der Waals surface area contributed by atoms with Crippen LogP contribution in [0.25, 0.3) is 33.4 Å². The van der Waals surface area contributed by atoms with E-state index in [1.807, 2.05) is 42.6 Å². The van der Waals surface area contributed by atoms with E-state index in [1.54, 1.807) is 12.1 Å². The number of ether oxygens (including phenoxy) is 1. The lowest BCUT2D eigenvalue weighted by atomic mass is 9.90. The standard InChI is InChI=1S/C40H42N2O5/c1-3-41(26-29-12-6-4-7-13-29)31-18-20-35-37(24-31)47-38-25-32(42(22-23-46-28(2)43)27-30-14-8-5-9-15-30)19-21-36(38)39(35)33-16-10-11-17-34(33)40(44)45/h3-6,8,10-11,16-21,24-25,29-30H,1,7,9,12-15,22-23,26-27H2,2H3/p+1. The van der Waals surface area contributed by atoms with E-state index in [1.165, 1.54) is 6.92 Å². The predicted molar refractivity (Wildman–Crippen MR) is 187 cm³/mol. The Kier molecular flexibility index (Phi) is 10.0. The number of aromatic carboxylic acids is 1. The lowest BCUT2D eigenvalue weighted by molar-refractivity contribution is -0.140. The first kappa shape index (κ1) is 32.0. The fraction of sp³-hybridized carbons (Fsp3) is 0.325. The summed E-state index contributed by atoms with van der Waals surface area (Å²) in [7, 11) is 0. The Hall–Kier alpha value is -4.91. The molecular weight excluding hydrogens is 588 g/mol. The van der Waals surface area contributed by atoms with Gasteiger partial charge in [-0.1, -0.05) is 49.1 Å². The van der Waals surface area contributed by atoms with Crippen LogP contribution in [0.4, 0.5) is 5.69 Å². The molecule has 0 radical (unpaired) electrons. The van der Waals surface area contributed by atoms with Crippen molar-refractivity contribution in [2.45, 2.75) is 45.4 Å². The number of esters is 1. The molecule has 0 fully saturated rings. The Bertz CT molecular complexity index is 1880. The zero-order valence-electron chi connectivity index (χ0n) is 27.1. The Morgan fingerprint density at radius 3 is 2.45 bits per heavy atom. The third-order valence-corrected chi connectivity index (χ3v) is 9.39. The van der Waals surface area contributed by atoms with Crippen LogP contribution in [-0.2, 0) is 9.53 Å². The van der Waals surface area contributed by atoms with Crippen LogP contribution < -0.4 is 14.8 Å². The highest BCUT2D eigenvalue weighted by molar-refractivity contribution is 6.07. The average molecular weight is 632 g/mol. The van der Waals surface area contributed by atoms with E-state index in [0.29, 0.717) is 41.9 Å². The monoisotopic (exact) mass is 631 g/mol. The highest BCUT2D eigenvalue weighted by atomic mass is 16.5. The summed E-state index contributed by atoms with van der Waals surface area (Å²) in [5.41, 5.74) is 4.18. The van der Waals surface area contributed by atoms with Gasteiger partial charge in [0.15, 0.2) is 6.54 Å². The summed E-state index contributed by atoms with van der Waals surface area (Å²) in [6, 6.07) is 19.4. The zero-order valence-corrected chi connectivity index (χ0v) is 27.1. The number of nitrogens with zero attached hydrogens (tertiary/aromatic N) is 2. The van der Waals surface area contributed by atoms with Gasteiger partial charge in [-0.05, 0) is 80.5 Å². The van der Waals surface area contributed by atoms with Crippen molar-refractivity contribution >= 4 is 28.6 Å². The number of allylic oxidation sites excluding steroid dienone is 4. The smallest absolute Gasteiger partial charge is 0.336 e. The molecule has 0 bridgehead atoms. The van der Waals surface area contributed by atoms with Crippen molar-refractivity contribution in [1.82, 2.24) is 4.58 Å². The molecule has 47 heavy (non-hydrogen) atoms. The first-order chi connectivity index (χ1) is 22.9. The third kappa shape index (κ3) is 7.40. The van der Waals surface area contributed by atoms with Gasteiger partial charge in [0, 0.05) is 53.7 Å². The molecular formula is C40H43N2O5+. The van der Waals surface area contributed by atoms with Gasteiger partial charge in [0.1, 0.15) is 24.5 Å². The minimum absolute atomic E-state index is 0.237. The zero-order chi connectivity index (χ0) is 32.8. The van der Waals surface area contributed by atoms with Crippen LogP contribution in [0.3, 0.4) is 0 Å². The lowest BCUT2D eigenvalue weighted by Gasteiger charge is -2.27. The number of hydrogen-bond donors (Lipinski definition) is 1. The van der Waals surface area contributed by atoms with Crippen molar-refractivity contribution in [3.63, 3.8) is 0 Å². The Labute approximate surface area is 276 Å². The summed E-state index contributed by atoms with van der Waals surface area (Å²) in [5.74, 6) is 0.420. The van der Waals surface area contributed by atoms with Crippen molar-refractivity contribution in [1.29, 1.82) is 0 Å². The second-order valence-electron chi connectivity index (χ2n) is 12.6. The number of benzene rings is 3. The number of hydrogen-bond acceptors (Lipinski definition) is 5. The maximum Gasteiger partial charge on any atom is 0.336 e. The molecule has 0 saturated carbocycles. The third-order valence-electron chi connectivity index (χ3n) is 9.39. The van der Waals surface area contributed by atoms with E-state index < -0.39 is 5.97 Å². The van der Waals surface area contributed by atoms with Gasteiger partial charge < -0.3 is 19.2 Å². The van der Waals surface area contributed by atoms with E-state index in [-0.39, 0.29) is 11.5 Å². The Morgan fingerprint density at radius 1 is 0.979 bits per heavy atom. The summed E-state index contributed by atoms with van der Waals surface area (Å²) in [5, 5.41) is 12.0. The molecule has 1 N–H and O–H groups in total. The Morgan fingerprint density at radius 2 is 1.74 bits per heavy atom. The van der Waals surface area contributed by atoms with Crippen LogP contribution in [-0.4, -0.2) is 43.3 Å². The fourth-order valence-electron chi connectivity index (χ4n) is 6.97. The van der Waals surface area contributed by atoms with Crippen molar-refractivity contribution < 1.29 is 23.8 Å². The topological polar surface area (TPSA) is 83.0 Å². The fourth-order valence-corrected chi connectivity index (χ4v) is 6.97. The minimum atomic E-state index is -0.978. The van der Waals surface area contributed by atoms with Gasteiger partial charge >= 0.3 is 11.9 Å². The van der Waals surface area contributed by atoms with Crippen molar-refractivity contribution in [2.75, 3.05) is 31.1 Å². The van der Waals surface area contributed by atoms with Crippen LogP contribution in [0.1, 0.15) is 55.8 Å². The first-order valence-electron chi connectivity index (χ1n) is 16.6. The van der Waals surface area contributed by atoms with Crippen molar-refractivity contribution in [3.05, 3.63) is 109 Å². The summed E-state index contributed by atoms with van der Waals surface area (Å²) < 4.78 is 14.3. The number of carbonyl (C=O) groups excluding carboxylic acids is 1. The molecule has 242 valence electrons. The maximum atomic E-state index is 12.4. The highest BCUT2D eigenvalue weighted by Crippen LogP contribution is 2.42. The van der Waals surface area contributed by atoms with Gasteiger partial charge in [-0.25, -0.2) is 9.37 Å². The highest BCUT2D eigenvalue weighted by Gasteiger charge is 2.24. The van der Waals surface area contributed by atoms with E-state index in [0.717, 1.165) is 79.2 Å². The number of carboxylic acid groups (broad SMARTS) is 1. The molecule has 0 aromatic heterocycles. The average Bonchev–Trinajstić information content (AvgIpc) is 3.09. The molecule has 2 unspecified atom stereocenters. The number of carboxylic acids is 1. The molecule has 1 heterocycles. The second kappa shape index (κ2) is 14.7. The van der Waals surface area contributed by atoms with Crippen molar-refractivity contribution in [2.24, 2.45) is 11.8 Å². The molecule has 2 aromatic carbocycles. The normalized spacial score (nSPS) is 18.2. The molecule has 7 heteroatoms. The molecule has 2 atom stereocenters. The van der Waals surface area contributed by atoms with Gasteiger partial charge in [0.05, 0.1) is 11.6 Å². The molecule has 4 aliphatic rings. The number of carbonyl (C=O) groups is 2. The molecule has 0 spiro atoms. The predicted octanol–water partition coefficient (Wildman–Crippen LogP) is 7.90. The molecule has 0 saturated heterocycles. The summed E-state index contributed by atoms with van der Waals surface area (Å²) in [6.07, 6.45) is 17.4. The van der Waals surface area contributed by atoms with E-state index >= 15 is 0 Å². The van der Waals surface area contributed by atoms with E-state index in [4.69, 9.17) is 9.15 Å².